The molecule has 1 aliphatic heterocycles. The zero-order chi connectivity index (χ0) is 16.9. The predicted octanol–water partition coefficient (Wildman–Crippen LogP) is 2.94. The molecular formula is C17H19N3O3S. The van der Waals surface area contributed by atoms with E-state index in [1.54, 1.807) is 23.5 Å². The Bertz CT molecular complexity index is 692. The average Bonchev–Trinajstić information content (AvgIpc) is 3.13. The number of amides is 1. The summed E-state index contributed by atoms with van der Waals surface area (Å²) in [4.78, 5) is 27.9. The third kappa shape index (κ3) is 3.91. The molecule has 6 nitrogen and oxygen atoms in total. The first-order chi connectivity index (χ1) is 11.6. The Hall–Kier alpha value is -2.41. The Kier molecular flexibility index (Phi) is 5.10. The van der Waals surface area contributed by atoms with Gasteiger partial charge in [0.1, 0.15) is 0 Å². The van der Waals surface area contributed by atoms with E-state index in [2.05, 4.69) is 11.0 Å². The third-order valence-corrected chi connectivity index (χ3v) is 5.16. The molecule has 3 rings (SSSR count). The summed E-state index contributed by atoms with van der Waals surface area (Å²) in [5.74, 6) is 0.201. The van der Waals surface area contributed by atoms with Gasteiger partial charge in [0.25, 0.3) is 5.69 Å². The van der Waals surface area contributed by atoms with Gasteiger partial charge in [0.05, 0.1) is 4.92 Å². The van der Waals surface area contributed by atoms with E-state index in [0.717, 1.165) is 25.2 Å². The van der Waals surface area contributed by atoms with Crippen molar-refractivity contribution in [2.45, 2.75) is 12.8 Å². The summed E-state index contributed by atoms with van der Waals surface area (Å²) < 4.78 is 0. The zero-order valence-electron chi connectivity index (χ0n) is 13.3. The molecular weight excluding hydrogens is 326 g/mol. The van der Waals surface area contributed by atoms with Crippen LogP contribution in [-0.4, -0.2) is 41.9 Å². The van der Waals surface area contributed by atoms with Crippen LogP contribution >= 0.6 is 11.3 Å². The molecule has 0 unspecified atom stereocenters. The molecule has 2 aromatic rings. The Labute approximate surface area is 144 Å². The summed E-state index contributed by atoms with van der Waals surface area (Å²) in [7, 11) is 0. The van der Waals surface area contributed by atoms with Gasteiger partial charge in [0, 0.05) is 55.3 Å². The van der Waals surface area contributed by atoms with E-state index in [0.29, 0.717) is 19.5 Å². The monoisotopic (exact) mass is 345 g/mol. The van der Waals surface area contributed by atoms with Crippen LogP contribution in [-0.2, 0) is 11.2 Å². The number of piperazine rings is 1. The lowest BCUT2D eigenvalue weighted by Gasteiger charge is -2.36. The first kappa shape index (κ1) is 16.4. The quantitative estimate of drug-likeness (QED) is 0.617. The number of nitrogens with zero attached hydrogens (tertiary/aromatic N) is 3. The molecule has 0 bridgehead atoms. The van der Waals surface area contributed by atoms with E-state index in [-0.39, 0.29) is 11.6 Å². The van der Waals surface area contributed by atoms with E-state index < -0.39 is 4.92 Å². The highest BCUT2D eigenvalue weighted by Gasteiger charge is 2.21. The van der Waals surface area contributed by atoms with Crippen LogP contribution in [0.2, 0.25) is 0 Å². The fourth-order valence-electron chi connectivity index (χ4n) is 2.84. The van der Waals surface area contributed by atoms with Crippen molar-refractivity contribution in [2.24, 2.45) is 0 Å². The Morgan fingerprint density at radius 2 is 1.83 bits per heavy atom. The Balaban J connectivity index is 1.49. The number of benzene rings is 1. The molecule has 0 saturated carbocycles. The number of aryl methyl sites for hydroxylation is 1. The SMILES string of the molecule is O=C(CCc1cccs1)N1CCN(c2ccc([N+](=O)[O-])cc2)CC1. The number of nitro benzene ring substituents is 1. The normalized spacial score (nSPS) is 14.7. The first-order valence-electron chi connectivity index (χ1n) is 7.93. The molecule has 1 saturated heterocycles. The molecule has 1 amide bonds. The molecule has 126 valence electrons. The van der Waals surface area contributed by atoms with E-state index in [1.165, 1.54) is 17.0 Å². The van der Waals surface area contributed by atoms with Gasteiger partial charge >= 0.3 is 0 Å². The van der Waals surface area contributed by atoms with Crippen molar-refractivity contribution in [2.75, 3.05) is 31.1 Å². The highest BCUT2D eigenvalue weighted by atomic mass is 32.1. The number of carbonyl (C=O) groups is 1. The summed E-state index contributed by atoms with van der Waals surface area (Å²) in [6.45, 7) is 2.89. The van der Waals surface area contributed by atoms with Crippen molar-refractivity contribution in [3.63, 3.8) is 0 Å². The molecule has 0 aliphatic carbocycles. The van der Waals surface area contributed by atoms with Crippen LogP contribution in [0.1, 0.15) is 11.3 Å². The van der Waals surface area contributed by atoms with Gasteiger partial charge in [-0.15, -0.1) is 11.3 Å². The molecule has 7 heteroatoms. The maximum Gasteiger partial charge on any atom is 0.269 e. The van der Waals surface area contributed by atoms with Crippen molar-refractivity contribution in [1.29, 1.82) is 0 Å². The third-order valence-electron chi connectivity index (χ3n) is 4.22. The number of carbonyl (C=O) groups excluding carboxylic acids is 1. The lowest BCUT2D eigenvalue weighted by atomic mass is 10.2. The standard InChI is InChI=1S/C17H19N3O3S/c21-17(8-7-16-2-1-13-24-16)19-11-9-18(10-12-19)14-3-5-15(6-4-14)20(22)23/h1-6,13H,7-12H2. The fraction of sp³-hybridized carbons (Fsp3) is 0.353. The number of non-ortho nitro benzene ring substituents is 1. The summed E-state index contributed by atoms with van der Waals surface area (Å²) in [6, 6.07) is 10.7. The van der Waals surface area contributed by atoms with Crippen LogP contribution in [0.3, 0.4) is 0 Å². The van der Waals surface area contributed by atoms with Crippen LogP contribution < -0.4 is 4.90 Å². The Morgan fingerprint density at radius 3 is 2.42 bits per heavy atom. The van der Waals surface area contributed by atoms with Crippen molar-refractivity contribution in [3.8, 4) is 0 Å². The predicted molar refractivity (Wildman–Crippen MR) is 94.5 cm³/mol. The topological polar surface area (TPSA) is 66.7 Å². The Morgan fingerprint density at radius 1 is 1.12 bits per heavy atom. The minimum atomic E-state index is -0.395. The van der Waals surface area contributed by atoms with Gasteiger partial charge < -0.3 is 9.80 Å². The highest BCUT2D eigenvalue weighted by Crippen LogP contribution is 2.21. The average molecular weight is 345 g/mol. The van der Waals surface area contributed by atoms with E-state index in [9.17, 15) is 14.9 Å². The summed E-state index contributed by atoms with van der Waals surface area (Å²) in [5.41, 5.74) is 1.06. The second-order valence-electron chi connectivity index (χ2n) is 5.72. The van der Waals surface area contributed by atoms with Crippen molar-refractivity contribution >= 4 is 28.6 Å². The number of anilines is 1. The fourth-order valence-corrected chi connectivity index (χ4v) is 3.55. The molecule has 24 heavy (non-hydrogen) atoms. The maximum absolute atomic E-state index is 12.3. The lowest BCUT2D eigenvalue weighted by Crippen LogP contribution is -2.48. The minimum absolute atomic E-state index is 0.0983. The van der Waals surface area contributed by atoms with Gasteiger partial charge in [0.15, 0.2) is 0 Å². The molecule has 0 radical (unpaired) electrons. The molecule has 2 heterocycles. The van der Waals surface area contributed by atoms with Gasteiger partial charge in [-0.3, -0.25) is 14.9 Å². The summed E-state index contributed by atoms with van der Waals surface area (Å²) in [5, 5.41) is 12.7. The van der Waals surface area contributed by atoms with Crippen molar-refractivity contribution in [1.82, 2.24) is 4.90 Å². The number of thiophene rings is 1. The van der Waals surface area contributed by atoms with Crippen LogP contribution in [0.4, 0.5) is 11.4 Å². The van der Waals surface area contributed by atoms with Gasteiger partial charge in [-0.05, 0) is 30.0 Å². The smallest absolute Gasteiger partial charge is 0.269 e. The van der Waals surface area contributed by atoms with Crippen LogP contribution in [0.15, 0.2) is 41.8 Å². The van der Waals surface area contributed by atoms with Crippen LogP contribution in [0.5, 0.6) is 0 Å². The largest absolute Gasteiger partial charge is 0.368 e. The molecule has 0 spiro atoms. The minimum Gasteiger partial charge on any atom is -0.368 e. The zero-order valence-corrected chi connectivity index (χ0v) is 14.1. The second-order valence-corrected chi connectivity index (χ2v) is 6.75. The van der Waals surface area contributed by atoms with Gasteiger partial charge in [0.2, 0.25) is 5.91 Å². The number of hydrogen-bond acceptors (Lipinski definition) is 5. The van der Waals surface area contributed by atoms with Gasteiger partial charge in [-0.2, -0.15) is 0 Å². The molecule has 1 aromatic heterocycles. The molecule has 1 aromatic carbocycles. The van der Waals surface area contributed by atoms with Gasteiger partial charge in [-0.25, -0.2) is 0 Å². The first-order valence-corrected chi connectivity index (χ1v) is 8.81. The summed E-state index contributed by atoms with van der Waals surface area (Å²) in [6.07, 6.45) is 1.36. The number of rotatable bonds is 5. The van der Waals surface area contributed by atoms with E-state index >= 15 is 0 Å². The van der Waals surface area contributed by atoms with E-state index in [4.69, 9.17) is 0 Å². The molecule has 0 atom stereocenters. The molecule has 1 aliphatic rings. The van der Waals surface area contributed by atoms with Gasteiger partial charge in [-0.1, -0.05) is 6.07 Å². The summed E-state index contributed by atoms with van der Waals surface area (Å²) >= 11 is 1.69. The second kappa shape index (κ2) is 7.44. The maximum atomic E-state index is 12.3. The number of nitro groups is 1. The van der Waals surface area contributed by atoms with Crippen LogP contribution in [0.25, 0.3) is 0 Å². The number of hydrogen-bond donors (Lipinski definition) is 0. The van der Waals surface area contributed by atoms with E-state index in [1.807, 2.05) is 16.3 Å². The molecule has 0 N–H and O–H groups in total. The van der Waals surface area contributed by atoms with Crippen molar-refractivity contribution < 1.29 is 9.72 Å². The molecule has 1 fully saturated rings. The highest BCUT2D eigenvalue weighted by molar-refractivity contribution is 7.09. The lowest BCUT2D eigenvalue weighted by molar-refractivity contribution is -0.384. The van der Waals surface area contributed by atoms with Crippen LogP contribution in [0, 0.1) is 10.1 Å². The van der Waals surface area contributed by atoms with Crippen molar-refractivity contribution in [3.05, 3.63) is 56.8 Å².